The van der Waals surface area contributed by atoms with E-state index in [1.54, 1.807) is 4.90 Å². The molecule has 5 nitrogen and oxygen atoms in total. The lowest BCUT2D eigenvalue weighted by atomic mass is 10.2. The summed E-state index contributed by atoms with van der Waals surface area (Å²) in [5.74, 6) is -0.913. The Morgan fingerprint density at radius 1 is 1.41 bits per heavy atom. The van der Waals surface area contributed by atoms with Crippen LogP contribution in [0.4, 0.5) is 0 Å². The summed E-state index contributed by atoms with van der Waals surface area (Å²) >= 11 is 0. The fourth-order valence-corrected chi connectivity index (χ4v) is 1.89. The summed E-state index contributed by atoms with van der Waals surface area (Å²) in [6.45, 7) is 3.60. The summed E-state index contributed by atoms with van der Waals surface area (Å²) in [6, 6.07) is 0. The van der Waals surface area contributed by atoms with Crippen molar-refractivity contribution in [1.82, 2.24) is 4.90 Å². The topological polar surface area (TPSA) is 66.8 Å². The molecule has 1 aliphatic rings. The number of ether oxygens (including phenoxy) is 1. The number of carbonyl (C=O) groups is 2. The quantitative estimate of drug-likeness (QED) is 0.731. The third-order valence-electron chi connectivity index (χ3n) is 2.89. The minimum atomic E-state index is -0.869. The highest BCUT2D eigenvalue weighted by Crippen LogP contribution is 2.15. The van der Waals surface area contributed by atoms with Gasteiger partial charge in [-0.15, -0.1) is 0 Å². The third-order valence-corrected chi connectivity index (χ3v) is 2.89. The fraction of sp³-hybridized carbons (Fsp3) is 0.833. The lowest BCUT2D eigenvalue weighted by molar-refractivity contribution is -0.143. The van der Waals surface area contributed by atoms with E-state index in [-0.39, 0.29) is 25.0 Å². The van der Waals surface area contributed by atoms with Crippen LogP contribution in [-0.4, -0.2) is 47.7 Å². The first-order chi connectivity index (χ1) is 8.15. The molecule has 0 aromatic heterocycles. The summed E-state index contributed by atoms with van der Waals surface area (Å²) < 4.78 is 5.34. The first-order valence-electron chi connectivity index (χ1n) is 6.27. The van der Waals surface area contributed by atoms with Gasteiger partial charge >= 0.3 is 5.97 Å². The maximum Gasteiger partial charge on any atom is 0.305 e. The zero-order valence-corrected chi connectivity index (χ0v) is 10.4. The molecule has 5 heteroatoms. The Bertz CT molecular complexity index is 261. The lowest BCUT2D eigenvalue weighted by Gasteiger charge is -2.24. The molecule has 1 atom stereocenters. The van der Waals surface area contributed by atoms with Gasteiger partial charge in [0, 0.05) is 19.7 Å². The van der Waals surface area contributed by atoms with E-state index in [1.807, 2.05) is 6.92 Å². The van der Waals surface area contributed by atoms with Crippen LogP contribution < -0.4 is 0 Å². The van der Waals surface area contributed by atoms with Gasteiger partial charge in [-0.05, 0) is 19.3 Å². The highest BCUT2D eigenvalue weighted by atomic mass is 16.5. The number of amides is 1. The number of carbonyl (C=O) groups excluding carboxylic acids is 1. The van der Waals surface area contributed by atoms with Crippen LogP contribution in [0.5, 0.6) is 0 Å². The molecule has 1 heterocycles. The van der Waals surface area contributed by atoms with Gasteiger partial charge in [0.2, 0.25) is 0 Å². The van der Waals surface area contributed by atoms with E-state index in [0.717, 1.165) is 25.7 Å². The molecule has 1 amide bonds. The number of aliphatic carboxylic acids is 1. The van der Waals surface area contributed by atoms with Crippen LogP contribution in [0.25, 0.3) is 0 Å². The minimum Gasteiger partial charge on any atom is -0.481 e. The van der Waals surface area contributed by atoms with Gasteiger partial charge in [0.15, 0.2) is 0 Å². The zero-order chi connectivity index (χ0) is 12.7. The van der Waals surface area contributed by atoms with Crippen molar-refractivity contribution in [2.24, 2.45) is 0 Å². The Labute approximate surface area is 102 Å². The van der Waals surface area contributed by atoms with Crippen LogP contribution in [0.3, 0.4) is 0 Å². The second kappa shape index (κ2) is 7.27. The Morgan fingerprint density at radius 2 is 2.18 bits per heavy atom. The van der Waals surface area contributed by atoms with Gasteiger partial charge in [-0.25, -0.2) is 0 Å². The van der Waals surface area contributed by atoms with E-state index in [1.165, 1.54) is 0 Å². The molecule has 0 saturated carbocycles. The van der Waals surface area contributed by atoms with Crippen LogP contribution in [0, 0.1) is 0 Å². The molecular weight excluding hydrogens is 222 g/mol. The van der Waals surface area contributed by atoms with Crippen molar-refractivity contribution in [2.45, 2.75) is 45.1 Å². The molecule has 1 fully saturated rings. The molecule has 1 saturated heterocycles. The molecule has 1 aliphatic heterocycles. The van der Waals surface area contributed by atoms with Gasteiger partial charge in [-0.1, -0.05) is 13.3 Å². The van der Waals surface area contributed by atoms with Crippen molar-refractivity contribution < 1.29 is 19.4 Å². The van der Waals surface area contributed by atoms with E-state index in [0.29, 0.717) is 13.2 Å². The second-order valence-electron chi connectivity index (χ2n) is 4.32. The Morgan fingerprint density at radius 3 is 2.71 bits per heavy atom. The van der Waals surface area contributed by atoms with Gasteiger partial charge in [0.25, 0.3) is 5.91 Å². The zero-order valence-electron chi connectivity index (χ0n) is 10.4. The van der Waals surface area contributed by atoms with Crippen LogP contribution in [-0.2, 0) is 14.3 Å². The molecule has 0 aliphatic carbocycles. The van der Waals surface area contributed by atoms with Gasteiger partial charge in [-0.2, -0.15) is 0 Å². The van der Waals surface area contributed by atoms with E-state index in [4.69, 9.17) is 9.84 Å². The van der Waals surface area contributed by atoms with Gasteiger partial charge in [-0.3, -0.25) is 9.59 Å². The number of hydrogen-bond acceptors (Lipinski definition) is 3. The summed E-state index contributed by atoms with van der Waals surface area (Å²) in [5, 5.41) is 8.67. The van der Waals surface area contributed by atoms with E-state index < -0.39 is 5.97 Å². The SMILES string of the molecule is CCCCN(CCC(=O)O)C(=O)C1CCCO1. The maximum atomic E-state index is 12.1. The Balaban J connectivity index is 2.47. The number of carboxylic acid groups (broad SMARTS) is 1. The monoisotopic (exact) mass is 243 g/mol. The molecule has 98 valence electrons. The molecule has 0 radical (unpaired) electrons. The van der Waals surface area contributed by atoms with Gasteiger partial charge in [0.1, 0.15) is 6.10 Å². The van der Waals surface area contributed by atoms with Gasteiger partial charge in [0.05, 0.1) is 6.42 Å². The van der Waals surface area contributed by atoms with Crippen LogP contribution in [0.2, 0.25) is 0 Å². The third kappa shape index (κ3) is 4.73. The van der Waals surface area contributed by atoms with Crippen LogP contribution in [0.1, 0.15) is 39.0 Å². The molecule has 0 aromatic rings. The Hall–Kier alpha value is -1.10. The predicted molar refractivity (Wildman–Crippen MR) is 62.7 cm³/mol. The molecule has 0 spiro atoms. The van der Waals surface area contributed by atoms with Crippen molar-refractivity contribution in [3.63, 3.8) is 0 Å². The molecule has 0 aromatic carbocycles. The largest absolute Gasteiger partial charge is 0.481 e. The molecule has 1 N–H and O–H groups in total. The fourth-order valence-electron chi connectivity index (χ4n) is 1.89. The molecular formula is C12H21NO4. The standard InChI is InChI=1S/C12H21NO4/c1-2-3-7-13(8-6-11(14)15)12(16)10-5-4-9-17-10/h10H,2-9H2,1H3,(H,14,15). The number of hydrogen-bond donors (Lipinski definition) is 1. The summed E-state index contributed by atoms with van der Waals surface area (Å²) in [4.78, 5) is 24.3. The number of carboxylic acids is 1. The molecule has 1 unspecified atom stereocenters. The van der Waals surface area contributed by atoms with E-state index >= 15 is 0 Å². The first-order valence-corrected chi connectivity index (χ1v) is 6.27. The normalized spacial score (nSPS) is 19.2. The number of nitrogens with zero attached hydrogens (tertiary/aromatic N) is 1. The van der Waals surface area contributed by atoms with Crippen molar-refractivity contribution in [3.05, 3.63) is 0 Å². The summed E-state index contributed by atoms with van der Waals surface area (Å²) in [7, 11) is 0. The van der Waals surface area contributed by atoms with Crippen molar-refractivity contribution in [3.8, 4) is 0 Å². The smallest absolute Gasteiger partial charge is 0.305 e. The summed E-state index contributed by atoms with van der Waals surface area (Å²) in [5.41, 5.74) is 0. The minimum absolute atomic E-state index is 0.00216. The predicted octanol–water partition coefficient (Wildman–Crippen LogP) is 1.27. The summed E-state index contributed by atoms with van der Waals surface area (Å²) in [6.07, 6.45) is 3.22. The maximum absolute atomic E-state index is 12.1. The van der Waals surface area contributed by atoms with Crippen molar-refractivity contribution in [2.75, 3.05) is 19.7 Å². The van der Waals surface area contributed by atoms with E-state index in [9.17, 15) is 9.59 Å². The van der Waals surface area contributed by atoms with Crippen molar-refractivity contribution >= 4 is 11.9 Å². The van der Waals surface area contributed by atoms with Crippen LogP contribution in [0.15, 0.2) is 0 Å². The average Bonchev–Trinajstić information content (AvgIpc) is 2.81. The lowest BCUT2D eigenvalue weighted by Crippen LogP contribution is -2.40. The number of unbranched alkanes of at least 4 members (excludes halogenated alkanes) is 1. The highest BCUT2D eigenvalue weighted by molar-refractivity contribution is 5.81. The van der Waals surface area contributed by atoms with Crippen molar-refractivity contribution in [1.29, 1.82) is 0 Å². The average molecular weight is 243 g/mol. The number of rotatable bonds is 7. The van der Waals surface area contributed by atoms with E-state index in [2.05, 4.69) is 0 Å². The van der Waals surface area contributed by atoms with Crippen LogP contribution >= 0.6 is 0 Å². The molecule has 0 bridgehead atoms. The van der Waals surface area contributed by atoms with Gasteiger partial charge < -0.3 is 14.7 Å². The molecule has 1 rings (SSSR count). The second-order valence-corrected chi connectivity index (χ2v) is 4.32. The Kier molecular flexibility index (Phi) is 5.97. The highest BCUT2D eigenvalue weighted by Gasteiger charge is 2.27. The first kappa shape index (κ1) is 14.0. The molecule has 17 heavy (non-hydrogen) atoms.